The van der Waals surface area contributed by atoms with E-state index in [0.717, 1.165) is 43.7 Å². The van der Waals surface area contributed by atoms with Crippen LogP contribution in [-0.2, 0) is 6.42 Å². The number of nitrogens with one attached hydrogen (secondary N) is 1. The summed E-state index contributed by atoms with van der Waals surface area (Å²) in [5.74, 6) is 0.664. The maximum Gasteiger partial charge on any atom is 0.321 e. The van der Waals surface area contributed by atoms with Crippen LogP contribution in [0.1, 0.15) is 18.4 Å². The number of benzene rings is 2. The highest BCUT2D eigenvalue weighted by atomic mass is 16.2. The number of rotatable bonds is 4. The normalized spacial score (nSPS) is 14.9. The number of amides is 2. The summed E-state index contributed by atoms with van der Waals surface area (Å²) in [6.45, 7) is 1.65. The van der Waals surface area contributed by atoms with E-state index in [1.807, 2.05) is 58.3 Å². The van der Waals surface area contributed by atoms with Gasteiger partial charge in [0.2, 0.25) is 0 Å². The molecule has 0 saturated carbocycles. The van der Waals surface area contributed by atoms with Gasteiger partial charge in [0.15, 0.2) is 0 Å². The standard InChI is InChI=1S/C23H25N3O/c27-23(24-21-8-10-22(11-9-21)25-14-4-5-15-25)26-16-12-20(13-17-26)18-19-6-2-1-3-7-19/h1-11,14-15,20H,12-13,16-18H2,(H,24,27). The Bertz CT molecular complexity index is 848. The maximum atomic E-state index is 12.6. The van der Waals surface area contributed by atoms with Crippen molar-refractivity contribution in [1.82, 2.24) is 9.47 Å². The first-order valence-electron chi connectivity index (χ1n) is 9.61. The van der Waals surface area contributed by atoms with Crippen molar-refractivity contribution >= 4 is 11.7 Å². The van der Waals surface area contributed by atoms with Gasteiger partial charge in [-0.1, -0.05) is 30.3 Å². The van der Waals surface area contributed by atoms with Crippen molar-refractivity contribution in [2.45, 2.75) is 19.3 Å². The number of aromatic nitrogens is 1. The lowest BCUT2D eigenvalue weighted by atomic mass is 9.90. The number of anilines is 1. The molecule has 0 bridgehead atoms. The van der Waals surface area contributed by atoms with E-state index in [4.69, 9.17) is 0 Å². The van der Waals surface area contributed by atoms with Gasteiger partial charge in [-0.05, 0) is 67.1 Å². The Morgan fingerprint density at radius 3 is 2.22 bits per heavy atom. The molecule has 1 aliphatic heterocycles. The lowest BCUT2D eigenvalue weighted by Gasteiger charge is -2.32. The van der Waals surface area contributed by atoms with Crippen molar-refractivity contribution in [3.63, 3.8) is 0 Å². The van der Waals surface area contributed by atoms with E-state index >= 15 is 0 Å². The predicted molar refractivity (Wildman–Crippen MR) is 109 cm³/mol. The lowest BCUT2D eigenvalue weighted by Crippen LogP contribution is -2.41. The molecule has 0 spiro atoms. The van der Waals surface area contributed by atoms with E-state index in [-0.39, 0.29) is 6.03 Å². The van der Waals surface area contributed by atoms with Crippen molar-refractivity contribution in [1.29, 1.82) is 0 Å². The maximum absolute atomic E-state index is 12.6. The lowest BCUT2D eigenvalue weighted by molar-refractivity contribution is 0.182. The zero-order chi connectivity index (χ0) is 18.5. The molecule has 138 valence electrons. The van der Waals surface area contributed by atoms with Crippen LogP contribution in [0.4, 0.5) is 10.5 Å². The predicted octanol–water partition coefficient (Wildman–Crippen LogP) is 4.96. The molecule has 1 N–H and O–H groups in total. The molecular formula is C23H25N3O. The Balaban J connectivity index is 1.28. The van der Waals surface area contributed by atoms with Gasteiger partial charge in [-0.25, -0.2) is 4.79 Å². The average molecular weight is 359 g/mol. The Labute approximate surface area is 160 Å². The molecular weight excluding hydrogens is 334 g/mol. The summed E-state index contributed by atoms with van der Waals surface area (Å²) in [7, 11) is 0. The van der Waals surface area contributed by atoms with Crippen LogP contribution in [0.2, 0.25) is 0 Å². The van der Waals surface area contributed by atoms with Gasteiger partial charge in [0, 0.05) is 36.9 Å². The van der Waals surface area contributed by atoms with Crippen LogP contribution < -0.4 is 5.32 Å². The number of piperidine rings is 1. The minimum absolute atomic E-state index is 0.00174. The van der Waals surface area contributed by atoms with Crippen LogP contribution in [0.5, 0.6) is 0 Å². The van der Waals surface area contributed by atoms with Crippen LogP contribution in [-0.4, -0.2) is 28.6 Å². The monoisotopic (exact) mass is 359 g/mol. The largest absolute Gasteiger partial charge is 0.325 e. The Morgan fingerprint density at radius 2 is 1.56 bits per heavy atom. The fourth-order valence-corrected chi connectivity index (χ4v) is 3.71. The molecule has 1 fully saturated rings. The van der Waals surface area contributed by atoms with Gasteiger partial charge < -0.3 is 14.8 Å². The van der Waals surface area contributed by atoms with E-state index in [1.165, 1.54) is 5.56 Å². The number of urea groups is 1. The van der Waals surface area contributed by atoms with Crippen molar-refractivity contribution in [2.75, 3.05) is 18.4 Å². The molecule has 0 radical (unpaired) electrons. The van der Waals surface area contributed by atoms with Crippen LogP contribution in [0.25, 0.3) is 5.69 Å². The molecule has 27 heavy (non-hydrogen) atoms. The van der Waals surface area contributed by atoms with Crippen molar-refractivity contribution in [3.8, 4) is 5.69 Å². The second kappa shape index (κ2) is 8.12. The highest BCUT2D eigenvalue weighted by Crippen LogP contribution is 2.22. The number of likely N-dealkylation sites (tertiary alicyclic amines) is 1. The average Bonchev–Trinajstić information content (AvgIpc) is 3.25. The first-order valence-corrected chi connectivity index (χ1v) is 9.61. The van der Waals surface area contributed by atoms with E-state index in [0.29, 0.717) is 5.92 Å². The van der Waals surface area contributed by atoms with Gasteiger partial charge in [-0.15, -0.1) is 0 Å². The number of hydrogen-bond donors (Lipinski definition) is 1. The molecule has 2 heterocycles. The fraction of sp³-hybridized carbons (Fsp3) is 0.261. The van der Waals surface area contributed by atoms with Gasteiger partial charge in [0.1, 0.15) is 0 Å². The molecule has 3 aromatic rings. The topological polar surface area (TPSA) is 37.3 Å². The summed E-state index contributed by atoms with van der Waals surface area (Å²) in [6.07, 6.45) is 7.25. The van der Waals surface area contributed by atoms with Gasteiger partial charge in [0.05, 0.1) is 0 Å². The quantitative estimate of drug-likeness (QED) is 0.702. The van der Waals surface area contributed by atoms with Crippen molar-refractivity contribution in [3.05, 3.63) is 84.7 Å². The smallest absolute Gasteiger partial charge is 0.321 e. The van der Waals surface area contributed by atoms with Gasteiger partial charge in [-0.2, -0.15) is 0 Å². The molecule has 0 aliphatic carbocycles. The summed E-state index contributed by atoms with van der Waals surface area (Å²) in [6, 6.07) is 22.6. The Morgan fingerprint density at radius 1 is 0.889 bits per heavy atom. The van der Waals surface area contributed by atoms with Crippen LogP contribution in [0, 0.1) is 5.92 Å². The number of nitrogens with zero attached hydrogens (tertiary/aromatic N) is 2. The second-order valence-corrected chi connectivity index (χ2v) is 7.19. The SMILES string of the molecule is O=C(Nc1ccc(-n2cccc2)cc1)N1CCC(Cc2ccccc2)CC1. The number of hydrogen-bond acceptors (Lipinski definition) is 1. The minimum atomic E-state index is 0.00174. The molecule has 0 atom stereocenters. The molecule has 0 unspecified atom stereocenters. The van der Waals surface area contributed by atoms with Crippen molar-refractivity contribution in [2.24, 2.45) is 5.92 Å². The molecule has 1 aromatic heterocycles. The van der Waals surface area contributed by atoms with Gasteiger partial charge in [-0.3, -0.25) is 0 Å². The van der Waals surface area contributed by atoms with Gasteiger partial charge >= 0.3 is 6.03 Å². The van der Waals surface area contributed by atoms with Crippen molar-refractivity contribution < 1.29 is 4.79 Å². The molecule has 2 amide bonds. The molecule has 4 rings (SSSR count). The highest BCUT2D eigenvalue weighted by Gasteiger charge is 2.23. The minimum Gasteiger partial charge on any atom is -0.325 e. The zero-order valence-electron chi connectivity index (χ0n) is 15.4. The molecule has 2 aromatic carbocycles. The number of carbonyl (C=O) groups is 1. The third-order valence-corrected chi connectivity index (χ3v) is 5.29. The highest BCUT2D eigenvalue weighted by molar-refractivity contribution is 5.89. The fourth-order valence-electron chi connectivity index (χ4n) is 3.71. The third kappa shape index (κ3) is 4.40. The summed E-state index contributed by atoms with van der Waals surface area (Å²) in [4.78, 5) is 14.5. The summed E-state index contributed by atoms with van der Waals surface area (Å²) < 4.78 is 2.04. The van der Waals surface area contributed by atoms with Gasteiger partial charge in [0.25, 0.3) is 0 Å². The first kappa shape index (κ1) is 17.4. The zero-order valence-corrected chi connectivity index (χ0v) is 15.4. The van der Waals surface area contributed by atoms with E-state index in [9.17, 15) is 4.79 Å². The summed E-state index contributed by atoms with van der Waals surface area (Å²) in [5.41, 5.74) is 3.31. The van der Waals surface area contributed by atoms with E-state index in [1.54, 1.807) is 0 Å². The van der Waals surface area contributed by atoms with Crippen LogP contribution in [0.3, 0.4) is 0 Å². The van der Waals surface area contributed by atoms with Crippen LogP contribution in [0.15, 0.2) is 79.1 Å². The second-order valence-electron chi connectivity index (χ2n) is 7.19. The van der Waals surface area contributed by atoms with Crippen LogP contribution >= 0.6 is 0 Å². The summed E-state index contributed by atoms with van der Waals surface area (Å²) >= 11 is 0. The molecule has 1 saturated heterocycles. The molecule has 4 heteroatoms. The molecule has 1 aliphatic rings. The number of carbonyl (C=O) groups excluding carboxylic acids is 1. The third-order valence-electron chi connectivity index (χ3n) is 5.29. The molecule has 4 nitrogen and oxygen atoms in total. The Hall–Kier alpha value is -3.01. The van der Waals surface area contributed by atoms with E-state index in [2.05, 4.69) is 35.6 Å². The first-order chi connectivity index (χ1) is 13.3. The summed E-state index contributed by atoms with van der Waals surface area (Å²) in [5, 5.41) is 3.03. The Kier molecular flexibility index (Phi) is 5.24. The van der Waals surface area contributed by atoms with E-state index < -0.39 is 0 Å².